The minimum Gasteiger partial charge on any atom is -0.398 e. The molecule has 2 bridgehead atoms. The van der Waals surface area contributed by atoms with Gasteiger partial charge < -0.3 is 5.73 Å². The molecule has 0 spiro atoms. The van der Waals surface area contributed by atoms with Crippen molar-refractivity contribution in [2.24, 2.45) is 0 Å². The molecule has 3 rings (SSSR count). The van der Waals surface area contributed by atoms with E-state index in [4.69, 9.17) is 28.9 Å². The lowest BCUT2D eigenvalue weighted by atomic mass is 9.91. The topological polar surface area (TPSA) is 26.0 Å². The first-order valence-electron chi connectivity index (χ1n) is 5.13. The summed E-state index contributed by atoms with van der Waals surface area (Å²) in [5.74, 6) is 0.787. The van der Waals surface area contributed by atoms with Crippen molar-refractivity contribution in [1.29, 1.82) is 0 Å². The molecule has 0 heterocycles. The van der Waals surface area contributed by atoms with E-state index in [0.29, 0.717) is 16.3 Å². The number of nitrogen functional groups attached to an aromatic ring is 1. The summed E-state index contributed by atoms with van der Waals surface area (Å²) in [5.41, 5.74) is 10.7. The third kappa shape index (κ3) is 1.17. The van der Waals surface area contributed by atoms with Crippen molar-refractivity contribution in [2.45, 2.75) is 24.7 Å². The maximum Gasteiger partial charge on any atom is 0.107 e. The minimum absolute atomic E-state index is 0.371. The summed E-state index contributed by atoms with van der Waals surface area (Å²) in [6.45, 7) is 0. The standard InChI is InChI=1S/C12H11Cl2N/c13-12(14)11-7-4-5-8(11)10-6(7)2-1-3-9(10)15/h1-3,7-8H,4-5,15H2/t7-,8-/m0/s1. The van der Waals surface area contributed by atoms with Crippen LogP contribution in [0.15, 0.2) is 28.3 Å². The number of anilines is 1. The maximum absolute atomic E-state index is 6.01. The highest BCUT2D eigenvalue weighted by molar-refractivity contribution is 6.56. The van der Waals surface area contributed by atoms with Gasteiger partial charge in [-0.3, -0.25) is 0 Å². The van der Waals surface area contributed by atoms with E-state index in [1.54, 1.807) is 0 Å². The van der Waals surface area contributed by atoms with Crippen LogP contribution in [-0.2, 0) is 0 Å². The maximum atomic E-state index is 6.01. The van der Waals surface area contributed by atoms with E-state index < -0.39 is 0 Å². The number of hydrogen-bond donors (Lipinski definition) is 1. The predicted octanol–water partition coefficient (Wildman–Crippen LogP) is 3.93. The van der Waals surface area contributed by atoms with Crippen molar-refractivity contribution in [3.05, 3.63) is 39.4 Å². The number of fused-ring (bicyclic) bond motifs is 5. The highest BCUT2D eigenvalue weighted by Gasteiger charge is 2.43. The van der Waals surface area contributed by atoms with Crippen LogP contribution in [0.25, 0.3) is 0 Å². The Balaban J connectivity index is 2.26. The van der Waals surface area contributed by atoms with Gasteiger partial charge in [0.2, 0.25) is 0 Å². The third-order valence-corrected chi connectivity index (χ3v) is 4.05. The van der Waals surface area contributed by atoms with Crippen LogP contribution in [0.5, 0.6) is 0 Å². The van der Waals surface area contributed by atoms with Gasteiger partial charge in [0, 0.05) is 17.5 Å². The molecule has 1 fully saturated rings. The van der Waals surface area contributed by atoms with Gasteiger partial charge >= 0.3 is 0 Å². The van der Waals surface area contributed by atoms with Gasteiger partial charge in [-0.2, -0.15) is 0 Å². The van der Waals surface area contributed by atoms with E-state index in [1.807, 2.05) is 12.1 Å². The molecule has 15 heavy (non-hydrogen) atoms. The van der Waals surface area contributed by atoms with Crippen molar-refractivity contribution in [3.8, 4) is 0 Å². The van der Waals surface area contributed by atoms with Crippen LogP contribution >= 0.6 is 23.2 Å². The van der Waals surface area contributed by atoms with Crippen molar-refractivity contribution in [2.75, 3.05) is 5.73 Å². The second-order valence-electron chi connectivity index (χ2n) is 4.25. The number of nitrogens with two attached hydrogens (primary N) is 1. The van der Waals surface area contributed by atoms with Crippen LogP contribution in [0.2, 0.25) is 0 Å². The van der Waals surface area contributed by atoms with Gasteiger partial charge in [-0.1, -0.05) is 35.3 Å². The number of halogens is 2. The lowest BCUT2D eigenvalue weighted by Gasteiger charge is -2.15. The van der Waals surface area contributed by atoms with E-state index in [2.05, 4.69) is 6.07 Å². The Kier molecular flexibility index (Phi) is 2.02. The van der Waals surface area contributed by atoms with Crippen LogP contribution < -0.4 is 5.73 Å². The molecule has 2 N–H and O–H groups in total. The normalized spacial score (nSPS) is 26.9. The zero-order valence-electron chi connectivity index (χ0n) is 8.13. The SMILES string of the molecule is Nc1cccc2c1[C@@H]1CC[C@@H]2C1=C(Cl)Cl. The molecule has 0 saturated heterocycles. The zero-order valence-corrected chi connectivity index (χ0v) is 9.65. The molecule has 1 nitrogen and oxygen atoms in total. The Bertz CT molecular complexity index is 461. The molecule has 1 aromatic carbocycles. The highest BCUT2D eigenvalue weighted by Crippen LogP contribution is 2.60. The Labute approximate surface area is 98.9 Å². The fourth-order valence-corrected chi connectivity index (χ4v) is 3.61. The summed E-state index contributed by atoms with van der Waals surface area (Å²) in [7, 11) is 0. The Morgan fingerprint density at radius 2 is 1.93 bits per heavy atom. The number of benzene rings is 1. The molecular weight excluding hydrogens is 229 g/mol. The number of hydrogen-bond acceptors (Lipinski definition) is 1. The first-order valence-corrected chi connectivity index (χ1v) is 5.89. The smallest absolute Gasteiger partial charge is 0.107 e. The van der Waals surface area contributed by atoms with Gasteiger partial charge in [0.25, 0.3) is 0 Å². The lowest BCUT2D eigenvalue weighted by molar-refractivity contribution is 0.719. The van der Waals surface area contributed by atoms with Crippen molar-refractivity contribution < 1.29 is 0 Å². The average Bonchev–Trinajstić information content (AvgIpc) is 2.73. The molecule has 2 atom stereocenters. The average molecular weight is 240 g/mol. The molecule has 0 amide bonds. The van der Waals surface area contributed by atoms with Crippen LogP contribution in [0.1, 0.15) is 35.8 Å². The monoisotopic (exact) mass is 239 g/mol. The summed E-state index contributed by atoms with van der Waals surface area (Å²) < 4.78 is 0.443. The van der Waals surface area contributed by atoms with Gasteiger partial charge in [0.1, 0.15) is 4.49 Å². The highest BCUT2D eigenvalue weighted by atomic mass is 35.5. The quantitative estimate of drug-likeness (QED) is 0.683. The van der Waals surface area contributed by atoms with E-state index in [0.717, 1.165) is 18.5 Å². The van der Waals surface area contributed by atoms with E-state index in [1.165, 1.54) is 16.7 Å². The molecule has 0 aliphatic heterocycles. The summed E-state index contributed by atoms with van der Waals surface area (Å²) in [6.07, 6.45) is 2.28. The van der Waals surface area contributed by atoms with Gasteiger partial charge in [0.15, 0.2) is 0 Å². The first kappa shape index (κ1) is 9.56. The number of rotatable bonds is 0. The minimum atomic E-state index is 0.371. The van der Waals surface area contributed by atoms with E-state index >= 15 is 0 Å². The molecule has 2 aliphatic carbocycles. The molecule has 2 aliphatic rings. The summed E-state index contributed by atoms with van der Waals surface area (Å²) in [6, 6.07) is 6.11. The summed E-state index contributed by atoms with van der Waals surface area (Å²) >= 11 is 11.9. The molecule has 0 radical (unpaired) electrons. The molecule has 1 aromatic rings. The van der Waals surface area contributed by atoms with Crippen molar-refractivity contribution in [1.82, 2.24) is 0 Å². The summed E-state index contributed by atoms with van der Waals surface area (Å²) in [5, 5.41) is 0. The van der Waals surface area contributed by atoms with Gasteiger partial charge in [-0.25, -0.2) is 0 Å². The van der Waals surface area contributed by atoms with Gasteiger partial charge in [-0.15, -0.1) is 0 Å². The molecular formula is C12H11Cl2N. The molecule has 0 aromatic heterocycles. The van der Waals surface area contributed by atoms with Crippen LogP contribution in [0.4, 0.5) is 5.69 Å². The molecule has 0 unspecified atom stereocenters. The molecule has 78 valence electrons. The van der Waals surface area contributed by atoms with Crippen LogP contribution in [-0.4, -0.2) is 0 Å². The zero-order chi connectivity index (χ0) is 10.6. The van der Waals surface area contributed by atoms with Crippen LogP contribution in [0.3, 0.4) is 0 Å². The summed E-state index contributed by atoms with van der Waals surface area (Å²) in [4.78, 5) is 0. The van der Waals surface area contributed by atoms with Gasteiger partial charge in [0.05, 0.1) is 0 Å². The number of allylic oxidation sites excluding steroid dienone is 1. The fourth-order valence-electron chi connectivity index (χ4n) is 3.08. The van der Waals surface area contributed by atoms with Crippen molar-refractivity contribution in [3.63, 3.8) is 0 Å². The first-order chi connectivity index (χ1) is 7.20. The Morgan fingerprint density at radius 1 is 1.20 bits per heavy atom. The molecule has 1 saturated carbocycles. The lowest BCUT2D eigenvalue weighted by Crippen LogP contribution is -2.01. The fraction of sp³-hybridized carbons (Fsp3) is 0.333. The van der Waals surface area contributed by atoms with E-state index in [9.17, 15) is 0 Å². The van der Waals surface area contributed by atoms with E-state index in [-0.39, 0.29) is 0 Å². The second kappa shape index (κ2) is 3.16. The van der Waals surface area contributed by atoms with Gasteiger partial charge in [-0.05, 0) is 35.6 Å². The van der Waals surface area contributed by atoms with Crippen molar-refractivity contribution >= 4 is 28.9 Å². The Morgan fingerprint density at radius 3 is 2.60 bits per heavy atom. The third-order valence-electron chi connectivity index (χ3n) is 3.61. The molecule has 3 heteroatoms. The van der Waals surface area contributed by atoms with Crippen LogP contribution in [0, 0.1) is 0 Å². The second-order valence-corrected chi connectivity index (χ2v) is 5.20. The largest absolute Gasteiger partial charge is 0.398 e. The predicted molar refractivity (Wildman–Crippen MR) is 64.3 cm³/mol. The Hall–Kier alpha value is -0.660.